The maximum absolute atomic E-state index is 12.6. The van der Waals surface area contributed by atoms with Gasteiger partial charge in [0.1, 0.15) is 18.5 Å². The Morgan fingerprint density at radius 3 is 2.76 bits per heavy atom. The van der Waals surface area contributed by atoms with Crippen LogP contribution in [0.1, 0.15) is 18.4 Å². The summed E-state index contributed by atoms with van der Waals surface area (Å²) >= 11 is 1.70. The molecule has 1 N–H and O–H groups in total. The molecule has 0 radical (unpaired) electrons. The molecule has 2 saturated heterocycles. The third kappa shape index (κ3) is 3.80. The van der Waals surface area contributed by atoms with Crippen molar-refractivity contribution in [1.82, 2.24) is 4.90 Å². The van der Waals surface area contributed by atoms with Crippen molar-refractivity contribution >= 4 is 23.6 Å². The number of likely N-dealkylation sites (tertiary alicyclic amines) is 1. The number of rotatable bonds is 6. The maximum Gasteiger partial charge on any atom is 0.236 e. The fourth-order valence-corrected chi connectivity index (χ4v) is 4.65. The van der Waals surface area contributed by atoms with Crippen molar-refractivity contribution in [2.75, 3.05) is 24.7 Å². The Hall–Kier alpha value is -2.04. The number of ether oxygens (including phenoxy) is 1. The molecule has 0 aliphatic carbocycles. The number of amides is 2. The van der Waals surface area contributed by atoms with E-state index in [0.717, 1.165) is 17.7 Å². The summed E-state index contributed by atoms with van der Waals surface area (Å²) in [5, 5.41) is 18.8. The van der Waals surface area contributed by atoms with E-state index in [0.29, 0.717) is 17.9 Å². The van der Waals surface area contributed by atoms with E-state index in [4.69, 9.17) is 10.00 Å². The lowest BCUT2D eigenvalue weighted by atomic mass is 9.86. The first kappa shape index (κ1) is 17.8. The summed E-state index contributed by atoms with van der Waals surface area (Å²) in [6.07, 6.45) is 0.394. The SMILES string of the molecule is N#CCc1ccc(OC[C@H](O)CN2C(=O)C[C@]3(CCSC3)C2=O)cc1. The van der Waals surface area contributed by atoms with Crippen molar-refractivity contribution in [3.8, 4) is 11.8 Å². The van der Waals surface area contributed by atoms with E-state index in [1.54, 1.807) is 36.0 Å². The minimum Gasteiger partial charge on any atom is -0.491 e. The molecule has 1 aromatic carbocycles. The Bertz CT molecular complexity index is 692. The second kappa shape index (κ2) is 7.46. The van der Waals surface area contributed by atoms with Crippen LogP contribution in [0.15, 0.2) is 24.3 Å². The summed E-state index contributed by atoms with van der Waals surface area (Å²) in [5.74, 6) is 1.81. The first-order chi connectivity index (χ1) is 12.0. The van der Waals surface area contributed by atoms with Crippen LogP contribution in [0.5, 0.6) is 5.75 Å². The first-order valence-corrected chi connectivity index (χ1v) is 9.39. The van der Waals surface area contributed by atoms with Gasteiger partial charge in [0, 0.05) is 12.2 Å². The van der Waals surface area contributed by atoms with E-state index in [2.05, 4.69) is 6.07 Å². The lowest BCUT2D eigenvalue weighted by Gasteiger charge is -2.22. The highest BCUT2D eigenvalue weighted by atomic mass is 32.2. The van der Waals surface area contributed by atoms with Crippen molar-refractivity contribution in [1.29, 1.82) is 5.26 Å². The molecule has 0 unspecified atom stereocenters. The second-order valence-electron chi connectivity index (χ2n) is 6.51. The predicted octanol–water partition coefficient (Wildman–Crippen LogP) is 1.37. The Morgan fingerprint density at radius 2 is 2.12 bits per heavy atom. The van der Waals surface area contributed by atoms with Gasteiger partial charge in [-0.1, -0.05) is 12.1 Å². The summed E-state index contributed by atoms with van der Waals surface area (Å²) < 4.78 is 5.51. The number of hydrogen-bond acceptors (Lipinski definition) is 6. The molecule has 1 aromatic rings. The van der Waals surface area contributed by atoms with Crippen molar-refractivity contribution in [3.05, 3.63) is 29.8 Å². The molecule has 2 atom stereocenters. The van der Waals surface area contributed by atoms with Gasteiger partial charge < -0.3 is 9.84 Å². The summed E-state index contributed by atoms with van der Waals surface area (Å²) in [6, 6.07) is 9.12. The molecule has 2 aliphatic rings. The van der Waals surface area contributed by atoms with Gasteiger partial charge in [-0.3, -0.25) is 14.5 Å². The highest BCUT2D eigenvalue weighted by molar-refractivity contribution is 7.99. The zero-order chi connectivity index (χ0) is 17.9. The lowest BCUT2D eigenvalue weighted by molar-refractivity contribution is -0.142. The number of benzene rings is 1. The van der Waals surface area contributed by atoms with Gasteiger partial charge in [-0.25, -0.2) is 0 Å². The number of thioether (sulfide) groups is 1. The van der Waals surface area contributed by atoms with Gasteiger partial charge in [-0.2, -0.15) is 17.0 Å². The van der Waals surface area contributed by atoms with Gasteiger partial charge in [-0.05, 0) is 29.9 Å². The number of nitriles is 1. The highest BCUT2D eigenvalue weighted by Crippen LogP contribution is 2.44. The zero-order valence-electron chi connectivity index (χ0n) is 13.8. The van der Waals surface area contributed by atoms with Crippen LogP contribution in [0.2, 0.25) is 0 Å². The largest absolute Gasteiger partial charge is 0.491 e. The van der Waals surface area contributed by atoms with Crippen LogP contribution < -0.4 is 4.74 Å². The van der Waals surface area contributed by atoms with Crippen LogP contribution in [0, 0.1) is 16.7 Å². The Balaban J connectivity index is 1.52. The van der Waals surface area contributed by atoms with Crippen LogP contribution in [-0.2, 0) is 16.0 Å². The molecule has 3 rings (SSSR count). The van der Waals surface area contributed by atoms with E-state index in [-0.39, 0.29) is 31.4 Å². The van der Waals surface area contributed by atoms with Crippen LogP contribution >= 0.6 is 11.8 Å². The Kier molecular flexibility index (Phi) is 5.30. The number of aliphatic hydroxyl groups is 1. The molecule has 0 saturated carbocycles. The van der Waals surface area contributed by atoms with Crippen LogP contribution in [0.25, 0.3) is 0 Å². The fourth-order valence-electron chi connectivity index (χ4n) is 3.21. The molecule has 6 nitrogen and oxygen atoms in total. The molecule has 2 aliphatic heterocycles. The quantitative estimate of drug-likeness (QED) is 0.771. The van der Waals surface area contributed by atoms with E-state index < -0.39 is 11.5 Å². The van der Waals surface area contributed by atoms with Crippen molar-refractivity contribution in [2.45, 2.75) is 25.4 Å². The highest BCUT2D eigenvalue weighted by Gasteiger charge is 2.53. The normalized spacial score (nSPS) is 23.9. The van der Waals surface area contributed by atoms with Gasteiger partial charge in [0.05, 0.1) is 24.4 Å². The monoisotopic (exact) mass is 360 g/mol. The molecular weight excluding hydrogens is 340 g/mol. The smallest absolute Gasteiger partial charge is 0.236 e. The van der Waals surface area contributed by atoms with E-state index in [1.165, 1.54) is 4.90 Å². The predicted molar refractivity (Wildman–Crippen MR) is 93.0 cm³/mol. The number of carbonyl (C=O) groups excluding carboxylic acids is 2. The number of nitrogens with zero attached hydrogens (tertiary/aromatic N) is 2. The molecule has 2 amide bonds. The van der Waals surface area contributed by atoms with Crippen LogP contribution in [0.3, 0.4) is 0 Å². The Morgan fingerprint density at radius 1 is 1.36 bits per heavy atom. The molecule has 2 fully saturated rings. The minimum absolute atomic E-state index is 0.00356. The Labute approximate surface area is 150 Å². The molecule has 7 heteroatoms. The number of imide groups is 1. The number of hydrogen-bond donors (Lipinski definition) is 1. The van der Waals surface area contributed by atoms with E-state index >= 15 is 0 Å². The van der Waals surface area contributed by atoms with Gasteiger partial charge >= 0.3 is 0 Å². The standard InChI is InChI=1S/C18H20N2O4S/c19-7-5-13-1-3-15(4-2-13)24-11-14(21)10-20-16(22)9-18(17(20)23)6-8-25-12-18/h1-4,14,21H,5-6,8-12H2/t14-,18+/m1/s1. The number of carbonyl (C=O) groups is 2. The maximum atomic E-state index is 12.6. The molecule has 2 heterocycles. The average molecular weight is 360 g/mol. The zero-order valence-corrected chi connectivity index (χ0v) is 14.6. The van der Waals surface area contributed by atoms with Crippen LogP contribution in [0.4, 0.5) is 0 Å². The van der Waals surface area contributed by atoms with Crippen LogP contribution in [-0.4, -0.2) is 52.6 Å². The molecule has 0 bridgehead atoms. The fraction of sp³-hybridized carbons (Fsp3) is 0.500. The summed E-state index contributed by atoms with van der Waals surface area (Å²) in [4.78, 5) is 25.9. The summed E-state index contributed by atoms with van der Waals surface area (Å²) in [7, 11) is 0. The van der Waals surface area contributed by atoms with Gasteiger partial charge in [0.15, 0.2) is 0 Å². The third-order valence-electron chi connectivity index (χ3n) is 4.64. The average Bonchev–Trinajstić information content (AvgIpc) is 3.16. The molecule has 0 aromatic heterocycles. The molecular formula is C18H20N2O4S. The molecule has 25 heavy (non-hydrogen) atoms. The third-order valence-corrected chi connectivity index (χ3v) is 5.88. The van der Waals surface area contributed by atoms with E-state index in [9.17, 15) is 14.7 Å². The molecule has 132 valence electrons. The number of β-amino-alcohol motifs (C(OH)–C–C–N with tert-alkyl or cyclic N) is 1. The van der Waals surface area contributed by atoms with Crippen molar-refractivity contribution in [3.63, 3.8) is 0 Å². The summed E-state index contributed by atoms with van der Waals surface area (Å²) in [5.41, 5.74) is 0.349. The second-order valence-corrected chi connectivity index (χ2v) is 7.62. The van der Waals surface area contributed by atoms with E-state index in [1.807, 2.05) is 0 Å². The molecule has 1 spiro atoms. The number of aliphatic hydroxyl groups excluding tert-OH is 1. The van der Waals surface area contributed by atoms with Gasteiger partial charge in [0.25, 0.3) is 0 Å². The van der Waals surface area contributed by atoms with Crippen molar-refractivity contribution in [2.24, 2.45) is 5.41 Å². The van der Waals surface area contributed by atoms with Crippen molar-refractivity contribution < 1.29 is 19.4 Å². The topological polar surface area (TPSA) is 90.6 Å². The summed E-state index contributed by atoms with van der Waals surface area (Å²) in [6.45, 7) is -0.0347. The first-order valence-electron chi connectivity index (χ1n) is 8.23. The van der Waals surface area contributed by atoms with Gasteiger partial charge in [-0.15, -0.1) is 0 Å². The minimum atomic E-state index is -0.934. The van der Waals surface area contributed by atoms with Gasteiger partial charge in [0.2, 0.25) is 11.8 Å². The lowest BCUT2D eigenvalue weighted by Crippen LogP contribution is -2.41.